The van der Waals surface area contributed by atoms with Crippen LogP contribution in [0.15, 0.2) is 12.5 Å². The van der Waals surface area contributed by atoms with E-state index in [9.17, 15) is 68.7 Å². The molecular formula is C30H49N11O14. The van der Waals surface area contributed by atoms with Crippen LogP contribution in [0.5, 0.6) is 0 Å². The Morgan fingerprint density at radius 1 is 0.655 bits per heavy atom. The number of imidazole rings is 1. The van der Waals surface area contributed by atoms with Gasteiger partial charge in [0.05, 0.1) is 31.7 Å². The van der Waals surface area contributed by atoms with E-state index < -0.39 is 140 Å². The van der Waals surface area contributed by atoms with Gasteiger partial charge >= 0.3 is 5.97 Å². The number of aliphatic hydroxyl groups is 4. The van der Waals surface area contributed by atoms with Crippen molar-refractivity contribution in [2.45, 2.75) is 100 Å². The fraction of sp³-hybridized carbons (Fsp3) is 0.600. The van der Waals surface area contributed by atoms with Gasteiger partial charge in [-0.15, -0.1) is 0 Å². The van der Waals surface area contributed by atoms with Gasteiger partial charge < -0.3 is 79.6 Å². The van der Waals surface area contributed by atoms with Crippen LogP contribution in [0.2, 0.25) is 0 Å². The molecule has 0 aromatic carbocycles. The van der Waals surface area contributed by atoms with Gasteiger partial charge in [-0.1, -0.05) is 0 Å². The first kappa shape index (κ1) is 47.3. The zero-order valence-corrected chi connectivity index (χ0v) is 29.9. The second-order valence-electron chi connectivity index (χ2n) is 12.3. The molecule has 0 spiro atoms. The van der Waals surface area contributed by atoms with Crippen LogP contribution in [0.25, 0.3) is 0 Å². The van der Waals surface area contributed by atoms with E-state index in [4.69, 9.17) is 17.2 Å². The summed E-state index contributed by atoms with van der Waals surface area (Å²) in [5.74, 6) is -10.1. The summed E-state index contributed by atoms with van der Waals surface area (Å²) in [5.41, 5.74) is 16.1. The fourth-order valence-corrected chi connectivity index (χ4v) is 4.54. The van der Waals surface area contributed by atoms with Gasteiger partial charge in [-0.05, 0) is 26.7 Å². The van der Waals surface area contributed by atoms with Crippen LogP contribution < -0.4 is 49.1 Å². The molecule has 55 heavy (non-hydrogen) atoms. The maximum absolute atomic E-state index is 13.5. The summed E-state index contributed by atoms with van der Waals surface area (Å²) >= 11 is 0. The van der Waals surface area contributed by atoms with Gasteiger partial charge in [-0.2, -0.15) is 0 Å². The average Bonchev–Trinajstić information content (AvgIpc) is 3.63. The van der Waals surface area contributed by atoms with Crippen molar-refractivity contribution >= 4 is 53.2 Å². The second-order valence-corrected chi connectivity index (χ2v) is 12.3. The number of nitrogens with one attached hydrogen (secondary N) is 7. The summed E-state index contributed by atoms with van der Waals surface area (Å²) in [6.45, 7) is 0.150. The quantitative estimate of drug-likeness (QED) is 0.0437. The maximum Gasteiger partial charge on any atom is 0.326 e. The smallest absolute Gasteiger partial charge is 0.326 e. The van der Waals surface area contributed by atoms with Crippen molar-refractivity contribution in [3.8, 4) is 0 Å². The largest absolute Gasteiger partial charge is 0.480 e. The molecule has 0 fully saturated rings. The Balaban J connectivity index is 3.23. The first-order valence-corrected chi connectivity index (χ1v) is 16.6. The third-order valence-electron chi connectivity index (χ3n) is 7.73. The van der Waals surface area contributed by atoms with E-state index in [0.717, 1.165) is 6.92 Å². The van der Waals surface area contributed by atoms with E-state index in [1.165, 1.54) is 19.4 Å². The average molecular weight is 788 g/mol. The molecule has 1 heterocycles. The predicted molar refractivity (Wildman–Crippen MR) is 184 cm³/mol. The third-order valence-corrected chi connectivity index (χ3v) is 7.73. The number of carboxylic acids is 1. The van der Waals surface area contributed by atoms with Crippen LogP contribution in [0.3, 0.4) is 0 Å². The molecule has 8 amide bonds. The number of primary amides is 2. The number of carbonyl (C=O) groups excluding carboxylic acids is 8. The molecule has 0 saturated heterocycles. The number of hydrogen-bond acceptors (Lipinski definition) is 15. The van der Waals surface area contributed by atoms with E-state index in [0.29, 0.717) is 5.69 Å². The molecule has 308 valence electrons. The Morgan fingerprint density at radius 2 is 1.09 bits per heavy atom. The Morgan fingerprint density at radius 3 is 1.55 bits per heavy atom. The molecular weight excluding hydrogens is 738 g/mol. The number of carboxylic acid groups (broad SMARTS) is 1. The first-order valence-electron chi connectivity index (χ1n) is 16.6. The lowest BCUT2D eigenvalue weighted by atomic mass is 10.0. The Labute approximate surface area is 312 Å². The summed E-state index contributed by atoms with van der Waals surface area (Å²) in [5, 5.41) is 61.7. The van der Waals surface area contributed by atoms with Gasteiger partial charge in [0, 0.05) is 31.2 Å². The van der Waals surface area contributed by atoms with Gasteiger partial charge in [0.25, 0.3) is 0 Å². The Hall–Kier alpha value is -5.76. The van der Waals surface area contributed by atoms with Gasteiger partial charge in [-0.3, -0.25) is 38.4 Å². The molecule has 0 radical (unpaired) electrons. The zero-order chi connectivity index (χ0) is 42.0. The van der Waals surface area contributed by atoms with Gasteiger partial charge in [0.1, 0.15) is 42.3 Å². The van der Waals surface area contributed by atoms with E-state index in [-0.39, 0.29) is 12.8 Å². The first-order chi connectivity index (χ1) is 25.7. The third kappa shape index (κ3) is 16.4. The molecule has 1 aromatic rings. The minimum absolute atomic E-state index is 0.292. The van der Waals surface area contributed by atoms with Crippen LogP contribution in [0.4, 0.5) is 0 Å². The molecule has 25 heteroatoms. The van der Waals surface area contributed by atoms with Crippen molar-refractivity contribution < 1.29 is 68.7 Å². The number of nitrogens with zero attached hydrogens (tertiary/aromatic N) is 1. The van der Waals surface area contributed by atoms with E-state index in [2.05, 4.69) is 36.6 Å². The van der Waals surface area contributed by atoms with Crippen LogP contribution in [0, 0.1) is 0 Å². The number of aromatic nitrogens is 2. The van der Waals surface area contributed by atoms with E-state index in [1.807, 2.05) is 5.32 Å². The lowest BCUT2D eigenvalue weighted by Crippen LogP contribution is -2.62. The Bertz CT molecular complexity index is 1510. The van der Waals surface area contributed by atoms with Crippen molar-refractivity contribution in [3.63, 3.8) is 0 Å². The zero-order valence-electron chi connectivity index (χ0n) is 29.9. The number of aliphatic carboxylic acids is 1. The number of hydrogen-bond donors (Lipinski definition) is 15. The number of amides is 8. The van der Waals surface area contributed by atoms with Crippen LogP contribution >= 0.6 is 0 Å². The minimum Gasteiger partial charge on any atom is -0.480 e. The molecule has 9 atom stereocenters. The number of H-pyrrole nitrogens is 1. The van der Waals surface area contributed by atoms with E-state index >= 15 is 0 Å². The molecule has 0 unspecified atom stereocenters. The monoisotopic (exact) mass is 787 g/mol. The molecule has 0 aliphatic rings. The summed E-state index contributed by atoms with van der Waals surface area (Å²) < 4.78 is 0. The molecule has 1 aromatic heterocycles. The SMILES string of the molecule is C[C@@H](O)[C@H](N)C(=O)N[C@@H](CO)C(=O)N[C@@H](CO)C(=O)N[C@H](C(=O)N[C@@H](CCC(N)=O)C(=O)N[C@@H](Cc1cnc[nH]1)C(=O)N[C@@H](CCC(N)=O)C(=O)O)[C@@H](C)O. The van der Waals surface area contributed by atoms with Gasteiger partial charge in [0.2, 0.25) is 47.3 Å². The summed E-state index contributed by atoms with van der Waals surface area (Å²) in [6, 6.07) is -11.8. The van der Waals surface area contributed by atoms with Crippen molar-refractivity contribution in [2.24, 2.45) is 17.2 Å². The normalized spacial score (nSPS) is 15.9. The number of aliphatic hydroxyl groups excluding tert-OH is 4. The number of carbonyl (C=O) groups is 9. The lowest BCUT2D eigenvalue weighted by molar-refractivity contribution is -0.142. The highest BCUT2D eigenvalue weighted by atomic mass is 16.4. The number of aromatic amines is 1. The van der Waals surface area contributed by atoms with Gasteiger partial charge in [-0.25, -0.2) is 9.78 Å². The standard InChI is InChI=1S/C30H49N11O14/c1-12(44)22(33)28(52)40-18(9-42)26(50)39-19(10-43)27(51)41-23(13(2)45)29(53)36-15(3-5-20(31)46)24(48)38-17(7-14-8-34-11-35-14)25(49)37-16(30(54)55)4-6-21(32)47/h8,11-13,15-19,22-23,42-45H,3-7,9-10,33H2,1-2H3,(H2,31,46)(H2,32,47)(H,34,35)(H,36,53)(H,37,49)(H,38,48)(H,39,50)(H,40,52)(H,41,51)(H,54,55)/t12-,13-,15+,16+,17+,18+,19+,22+,23+/m1/s1. The molecule has 0 aliphatic carbocycles. The number of rotatable bonds is 25. The molecule has 1 rings (SSSR count). The molecule has 0 aliphatic heterocycles. The predicted octanol–water partition coefficient (Wildman–Crippen LogP) is -8.45. The van der Waals surface area contributed by atoms with Crippen LogP contribution in [-0.2, 0) is 49.6 Å². The van der Waals surface area contributed by atoms with Crippen LogP contribution in [0.1, 0.15) is 45.2 Å². The second kappa shape index (κ2) is 23.1. The summed E-state index contributed by atoms with van der Waals surface area (Å²) in [7, 11) is 0. The molecule has 0 saturated carbocycles. The topological polar surface area (TPSA) is 434 Å². The summed E-state index contributed by atoms with van der Waals surface area (Å²) in [4.78, 5) is 119. The molecule has 18 N–H and O–H groups in total. The Kier molecular flexibility index (Phi) is 19.9. The van der Waals surface area contributed by atoms with Crippen LogP contribution in [-0.4, -0.2) is 156 Å². The minimum atomic E-state index is -1.90. The highest BCUT2D eigenvalue weighted by Gasteiger charge is 2.35. The highest BCUT2D eigenvalue weighted by molar-refractivity contribution is 5.97. The van der Waals surface area contributed by atoms with Crippen molar-refractivity contribution in [3.05, 3.63) is 18.2 Å². The molecule has 25 nitrogen and oxygen atoms in total. The number of nitrogens with two attached hydrogens (primary N) is 3. The van der Waals surface area contributed by atoms with Crippen molar-refractivity contribution in [2.75, 3.05) is 13.2 Å². The fourth-order valence-electron chi connectivity index (χ4n) is 4.54. The summed E-state index contributed by atoms with van der Waals surface area (Å²) in [6.07, 6.45) is -2.56. The maximum atomic E-state index is 13.5. The van der Waals surface area contributed by atoms with Gasteiger partial charge in [0.15, 0.2) is 0 Å². The molecule has 0 bridgehead atoms. The highest BCUT2D eigenvalue weighted by Crippen LogP contribution is 2.07. The van der Waals surface area contributed by atoms with Crippen molar-refractivity contribution in [1.29, 1.82) is 0 Å². The lowest BCUT2D eigenvalue weighted by Gasteiger charge is -2.28. The van der Waals surface area contributed by atoms with Crippen molar-refractivity contribution in [1.82, 2.24) is 41.9 Å². The van der Waals surface area contributed by atoms with E-state index in [1.54, 1.807) is 0 Å².